The third-order valence-corrected chi connectivity index (χ3v) is 3.18. The summed E-state index contributed by atoms with van der Waals surface area (Å²) in [7, 11) is 0. The molecule has 1 atom stereocenters. The molecule has 0 radical (unpaired) electrons. The monoisotopic (exact) mass is 216 g/mol. The molecule has 0 bridgehead atoms. The first-order valence-electron chi connectivity index (χ1n) is 6.49. The number of hydrogen-bond acceptors (Lipinski definition) is 2. The van der Waals surface area contributed by atoms with E-state index in [-0.39, 0.29) is 5.92 Å². The van der Waals surface area contributed by atoms with Gasteiger partial charge in [0.05, 0.1) is 0 Å². The lowest BCUT2D eigenvalue weighted by Crippen LogP contribution is -2.36. The highest BCUT2D eigenvalue weighted by atomic mass is 16.5. The van der Waals surface area contributed by atoms with Crippen LogP contribution in [0.1, 0.15) is 72.1 Å². The van der Waals surface area contributed by atoms with Gasteiger partial charge in [0.15, 0.2) is 5.79 Å². The van der Waals surface area contributed by atoms with E-state index in [1.807, 2.05) is 6.92 Å². The SMILES string of the molecule is CCCCCCC(O)(O)C(C)CCCC. The summed E-state index contributed by atoms with van der Waals surface area (Å²) < 4.78 is 0. The molecule has 0 aromatic rings. The van der Waals surface area contributed by atoms with Gasteiger partial charge in [-0.1, -0.05) is 52.9 Å². The highest BCUT2D eigenvalue weighted by Gasteiger charge is 2.29. The smallest absolute Gasteiger partial charge is 0.165 e. The summed E-state index contributed by atoms with van der Waals surface area (Å²) in [5, 5.41) is 19.7. The van der Waals surface area contributed by atoms with Crippen molar-refractivity contribution in [3.8, 4) is 0 Å². The lowest BCUT2D eigenvalue weighted by atomic mass is 9.90. The molecule has 0 saturated heterocycles. The highest BCUT2D eigenvalue weighted by Crippen LogP contribution is 2.25. The Hall–Kier alpha value is -0.0800. The average Bonchev–Trinajstić information content (AvgIpc) is 2.21. The zero-order valence-corrected chi connectivity index (χ0v) is 10.6. The Balaban J connectivity index is 3.72. The van der Waals surface area contributed by atoms with Crippen molar-refractivity contribution in [1.29, 1.82) is 0 Å². The summed E-state index contributed by atoms with van der Waals surface area (Å²) >= 11 is 0. The normalized spacial score (nSPS) is 14.2. The zero-order valence-electron chi connectivity index (χ0n) is 10.6. The van der Waals surface area contributed by atoms with Crippen LogP contribution >= 0.6 is 0 Å². The van der Waals surface area contributed by atoms with Gasteiger partial charge in [0.2, 0.25) is 0 Å². The van der Waals surface area contributed by atoms with Gasteiger partial charge in [-0.05, 0) is 12.8 Å². The van der Waals surface area contributed by atoms with E-state index in [4.69, 9.17) is 0 Å². The first-order valence-corrected chi connectivity index (χ1v) is 6.49. The highest BCUT2D eigenvalue weighted by molar-refractivity contribution is 4.72. The van der Waals surface area contributed by atoms with Gasteiger partial charge in [-0.25, -0.2) is 0 Å². The van der Waals surface area contributed by atoms with E-state index in [1.54, 1.807) is 0 Å². The maximum absolute atomic E-state index is 9.86. The summed E-state index contributed by atoms with van der Waals surface area (Å²) in [5.41, 5.74) is 0. The second-order valence-corrected chi connectivity index (χ2v) is 4.73. The number of rotatable bonds is 9. The molecule has 0 spiro atoms. The second kappa shape index (κ2) is 8.12. The van der Waals surface area contributed by atoms with Crippen molar-refractivity contribution in [1.82, 2.24) is 0 Å². The maximum Gasteiger partial charge on any atom is 0.165 e. The van der Waals surface area contributed by atoms with Crippen molar-refractivity contribution >= 4 is 0 Å². The molecular formula is C13H28O2. The second-order valence-electron chi connectivity index (χ2n) is 4.73. The first kappa shape index (κ1) is 14.9. The van der Waals surface area contributed by atoms with Crippen molar-refractivity contribution < 1.29 is 10.2 Å². The molecule has 0 fully saturated rings. The summed E-state index contributed by atoms with van der Waals surface area (Å²) in [4.78, 5) is 0. The van der Waals surface area contributed by atoms with Crippen molar-refractivity contribution in [3.63, 3.8) is 0 Å². The molecule has 0 heterocycles. The molecule has 1 unspecified atom stereocenters. The molecule has 0 aliphatic heterocycles. The number of hydrogen-bond donors (Lipinski definition) is 2. The quantitative estimate of drug-likeness (QED) is 0.458. The molecule has 2 nitrogen and oxygen atoms in total. The standard InChI is InChI=1S/C13H28O2/c1-4-6-8-9-11-13(14,15)12(3)10-7-5-2/h12,14-15H,4-11H2,1-3H3. The minimum Gasteiger partial charge on any atom is -0.365 e. The molecular weight excluding hydrogens is 188 g/mol. The predicted octanol–water partition coefficient (Wildman–Crippen LogP) is 3.46. The van der Waals surface area contributed by atoms with Crippen LogP contribution in [0, 0.1) is 5.92 Å². The number of aliphatic hydroxyl groups is 2. The minimum atomic E-state index is -1.44. The number of unbranched alkanes of at least 4 members (excludes halogenated alkanes) is 4. The Bertz CT molecular complexity index is 143. The van der Waals surface area contributed by atoms with Crippen molar-refractivity contribution in [2.45, 2.75) is 77.9 Å². The minimum absolute atomic E-state index is 0.000855. The van der Waals surface area contributed by atoms with Gasteiger partial charge in [-0.3, -0.25) is 0 Å². The van der Waals surface area contributed by atoms with Gasteiger partial charge in [0.1, 0.15) is 0 Å². The van der Waals surface area contributed by atoms with Gasteiger partial charge < -0.3 is 10.2 Å². The Morgan fingerprint density at radius 2 is 1.53 bits per heavy atom. The van der Waals surface area contributed by atoms with E-state index in [9.17, 15) is 10.2 Å². The Morgan fingerprint density at radius 3 is 2.07 bits per heavy atom. The van der Waals surface area contributed by atoms with Crippen LogP contribution in [0.3, 0.4) is 0 Å². The first-order chi connectivity index (χ1) is 7.04. The molecule has 15 heavy (non-hydrogen) atoms. The fraction of sp³-hybridized carbons (Fsp3) is 1.00. The van der Waals surface area contributed by atoms with Gasteiger partial charge in [-0.2, -0.15) is 0 Å². The van der Waals surface area contributed by atoms with Crippen LogP contribution in [-0.2, 0) is 0 Å². The van der Waals surface area contributed by atoms with E-state index in [0.717, 1.165) is 32.1 Å². The van der Waals surface area contributed by atoms with Crippen LogP contribution in [0.2, 0.25) is 0 Å². The zero-order chi connectivity index (χ0) is 11.7. The van der Waals surface area contributed by atoms with E-state index in [1.165, 1.54) is 12.8 Å². The molecule has 0 aliphatic carbocycles. The van der Waals surface area contributed by atoms with E-state index in [2.05, 4.69) is 13.8 Å². The molecule has 2 heteroatoms. The van der Waals surface area contributed by atoms with Gasteiger partial charge in [0, 0.05) is 12.3 Å². The molecule has 2 N–H and O–H groups in total. The Kier molecular flexibility index (Phi) is 8.07. The molecule has 0 amide bonds. The predicted molar refractivity (Wildman–Crippen MR) is 64.6 cm³/mol. The van der Waals surface area contributed by atoms with E-state index < -0.39 is 5.79 Å². The fourth-order valence-corrected chi connectivity index (χ4v) is 1.80. The molecule has 0 aromatic carbocycles. The summed E-state index contributed by atoms with van der Waals surface area (Å²) in [6.07, 6.45) is 8.07. The van der Waals surface area contributed by atoms with Crippen LogP contribution in [0.25, 0.3) is 0 Å². The van der Waals surface area contributed by atoms with Crippen molar-refractivity contribution in [2.75, 3.05) is 0 Å². The van der Waals surface area contributed by atoms with Crippen LogP contribution in [0.4, 0.5) is 0 Å². The largest absolute Gasteiger partial charge is 0.365 e. The molecule has 0 rings (SSSR count). The Morgan fingerprint density at radius 1 is 0.933 bits per heavy atom. The topological polar surface area (TPSA) is 40.5 Å². The molecule has 0 aromatic heterocycles. The molecule has 0 aliphatic rings. The summed E-state index contributed by atoms with van der Waals surface area (Å²) in [5.74, 6) is -1.44. The Labute approximate surface area is 94.7 Å². The fourth-order valence-electron chi connectivity index (χ4n) is 1.80. The van der Waals surface area contributed by atoms with Crippen LogP contribution in [0.15, 0.2) is 0 Å². The van der Waals surface area contributed by atoms with Crippen molar-refractivity contribution in [3.05, 3.63) is 0 Å². The molecule has 92 valence electrons. The lowest BCUT2D eigenvalue weighted by molar-refractivity contribution is -0.202. The maximum atomic E-state index is 9.86. The third kappa shape index (κ3) is 6.91. The van der Waals surface area contributed by atoms with Crippen molar-refractivity contribution in [2.24, 2.45) is 5.92 Å². The van der Waals surface area contributed by atoms with Gasteiger partial charge in [-0.15, -0.1) is 0 Å². The molecule has 0 saturated carbocycles. The lowest BCUT2D eigenvalue weighted by Gasteiger charge is -2.28. The van der Waals surface area contributed by atoms with Crippen LogP contribution < -0.4 is 0 Å². The summed E-state index contributed by atoms with van der Waals surface area (Å²) in [6, 6.07) is 0. The van der Waals surface area contributed by atoms with E-state index in [0.29, 0.717) is 6.42 Å². The van der Waals surface area contributed by atoms with Gasteiger partial charge in [0.25, 0.3) is 0 Å². The third-order valence-electron chi connectivity index (χ3n) is 3.18. The van der Waals surface area contributed by atoms with Crippen LogP contribution in [0.5, 0.6) is 0 Å². The summed E-state index contributed by atoms with van der Waals surface area (Å²) in [6.45, 7) is 6.23. The van der Waals surface area contributed by atoms with E-state index >= 15 is 0 Å². The van der Waals surface area contributed by atoms with Gasteiger partial charge >= 0.3 is 0 Å². The van der Waals surface area contributed by atoms with Crippen LogP contribution in [-0.4, -0.2) is 16.0 Å². The average molecular weight is 216 g/mol.